The number of aliphatic hydroxyl groups is 1. The molecule has 3 nitrogen and oxygen atoms in total. The lowest BCUT2D eigenvalue weighted by atomic mass is 10.1. The fourth-order valence-electron chi connectivity index (χ4n) is 1.69. The predicted molar refractivity (Wildman–Crippen MR) is 70.4 cm³/mol. The first-order valence-corrected chi connectivity index (χ1v) is 5.98. The van der Waals surface area contributed by atoms with Gasteiger partial charge in [-0.2, -0.15) is 0 Å². The van der Waals surface area contributed by atoms with Crippen LogP contribution in [0.25, 0.3) is 0 Å². The van der Waals surface area contributed by atoms with Crippen molar-refractivity contribution in [1.29, 1.82) is 0 Å². The number of hydrogen-bond donors (Lipinski definition) is 1. The van der Waals surface area contributed by atoms with Crippen LogP contribution in [0.4, 0.5) is 0 Å². The Hall–Kier alpha value is -1.87. The highest BCUT2D eigenvalue weighted by Gasteiger charge is 2.04. The molecule has 3 heteroatoms. The molecule has 2 rings (SSSR count). The Morgan fingerprint density at radius 3 is 2.83 bits per heavy atom. The first kappa shape index (κ1) is 12.6. The zero-order valence-corrected chi connectivity index (χ0v) is 10.6. The SMILES string of the molecule is Cc1cccnc1COc1cccc([C@@H](C)O)c1. The lowest BCUT2D eigenvalue weighted by Gasteiger charge is -2.10. The summed E-state index contributed by atoms with van der Waals surface area (Å²) in [6.07, 6.45) is 1.28. The van der Waals surface area contributed by atoms with Gasteiger partial charge >= 0.3 is 0 Å². The number of hydrogen-bond acceptors (Lipinski definition) is 3. The quantitative estimate of drug-likeness (QED) is 0.897. The average molecular weight is 243 g/mol. The molecule has 0 bridgehead atoms. The van der Waals surface area contributed by atoms with Crippen LogP contribution < -0.4 is 4.74 Å². The lowest BCUT2D eigenvalue weighted by molar-refractivity contribution is 0.198. The second-order valence-corrected chi connectivity index (χ2v) is 4.30. The number of aryl methyl sites for hydroxylation is 1. The molecule has 0 spiro atoms. The molecule has 0 unspecified atom stereocenters. The van der Waals surface area contributed by atoms with E-state index in [1.165, 1.54) is 0 Å². The van der Waals surface area contributed by atoms with Gasteiger partial charge in [-0.25, -0.2) is 0 Å². The van der Waals surface area contributed by atoms with Crippen molar-refractivity contribution in [2.24, 2.45) is 0 Å². The number of aliphatic hydroxyl groups excluding tert-OH is 1. The smallest absolute Gasteiger partial charge is 0.130 e. The first-order valence-electron chi connectivity index (χ1n) is 5.98. The van der Waals surface area contributed by atoms with Crippen molar-refractivity contribution in [2.75, 3.05) is 0 Å². The van der Waals surface area contributed by atoms with Gasteiger partial charge in [-0.05, 0) is 43.2 Å². The summed E-state index contributed by atoms with van der Waals surface area (Å²) in [7, 11) is 0. The third kappa shape index (κ3) is 3.08. The topological polar surface area (TPSA) is 42.4 Å². The van der Waals surface area contributed by atoms with Gasteiger partial charge in [0.25, 0.3) is 0 Å². The highest BCUT2D eigenvalue weighted by Crippen LogP contribution is 2.19. The summed E-state index contributed by atoms with van der Waals surface area (Å²) in [6.45, 7) is 4.19. The van der Waals surface area contributed by atoms with E-state index in [-0.39, 0.29) is 0 Å². The zero-order chi connectivity index (χ0) is 13.0. The fourth-order valence-corrected chi connectivity index (χ4v) is 1.69. The number of aromatic nitrogens is 1. The van der Waals surface area contributed by atoms with Gasteiger partial charge in [-0.1, -0.05) is 18.2 Å². The van der Waals surface area contributed by atoms with Crippen molar-refractivity contribution in [3.63, 3.8) is 0 Å². The van der Waals surface area contributed by atoms with Crippen LogP contribution in [0.2, 0.25) is 0 Å². The molecular formula is C15H17NO2. The molecule has 1 N–H and O–H groups in total. The minimum Gasteiger partial charge on any atom is -0.487 e. The third-order valence-corrected chi connectivity index (χ3v) is 2.83. The Kier molecular flexibility index (Phi) is 3.95. The molecule has 0 saturated carbocycles. The van der Waals surface area contributed by atoms with Crippen LogP contribution in [0.1, 0.15) is 29.8 Å². The van der Waals surface area contributed by atoms with Gasteiger partial charge in [-0.3, -0.25) is 4.98 Å². The summed E-state index contributed by atoms with van der Waals surface area (Å²) < 4.78 is 5.69. The molecule has 0 fully saturated rings. The summed E-state index contributed by atoms with van der Waals surface area (Å²) in [5, 5.41) is 9.51. The lowest BCUT2D eigenvalue weighted by Crippen LogP contribution is -2.01. The molecule has 0 aliphatic heterocycles. The molecule has 2 aromatic rings. The molecule has 1 atom stereocenters. The Bertz CT molecular complexity index is 523. The van der Waals surface area contributed by atoms with E-state index < -0.39 is 6.10 Å². The molecule has 1 heterocycles. The Morgan fingerprint density at radius 1 is 1.28 bits per heavy atom. The minimum atomic E-state index is -0.481. The van der Waals surface area contributed by atoms with E-state index >= 15 is 0 Å². The monoisotopic (exact) mass is 243 g/mol. The standard InChI is InChI=1S/C15H17NO2/c1-11-5-4-8-16-15(11)10-18-14-7-3-6-13(9-14)12(2)17/h3-9,12,17H,10H2,1-2H3/t12-/m1/s1. The molecule has 0 aliphatic carbocycles. The summed E-state index contributed by atoms with van der Waals surface area (Å²) >= 11 is 0. The van der Waals surface area contributed by atoms with Crippen LogP contribution in [0, 0.1) is 6.92 Å². The van der Waals surface area contributed by atoms with Crippen molar-refractivity contribution in [3.8, 4) is 5.75 Å². The Labute approximate surface area is 107 Å². The van der Waals surface area contributed by atoms with E-state index in [9.17, 15) is 5.11 Å². The van der Waals surface area contributed by atoms with Crippen LogP contribution in [-0.2, 0) is 6.61 Å². The van der Waals surface area contributed by atoms with E-state index in [4.69, 9.17) is 4.74 Å². The van der Waals surface area contributed by atoms with E-state index in [0.29, 0.717) is 6.61 Å². The van der Waals surface area contributed by atoms with Gasteiger partial charge in [0.1, 0.15) is 12.4 Å². The predicted octanol–water partition coefficient (Wildman–Crippen LogP) is 3.02. The maximum Gasteiger partial charge on any atom is 0.130 e. The van der Waals surface area contributed by atoms with Crippen molar-refractivity contribution in [3.05, 3.63) is 59.4 Å². The largest absolute Gasteiger partial charge is 0.487 e. The van der Waals surface area contributed by atoms with Crippen LogP contribution in [0.15, 0.2) is 42.6 Å². The maximum atomic E-state index is 9.51. The molecule has 18 heavy (non-hydrogen) atoms. The summed E-state index contributed by atoms with van der Waals surface area (Å²) in [6, 6.07) is 11.4. The minimum absolute atomic E-state index is 0.440. The molecule has 0 amide bonds. The van der Waals surface area contributed by atoms with Gasteiger partial charge in [-0.15, -0.1) is 0 Å². The second-order valence-electron chi connectivity index (χ2n) is 4.30. The van der Waals surface area contributed by atoms with E-state index in [2.05, 4.69) is 4.98 Å². The highest BCUT2D eigenvalue weighted by atomic mass is 16.5. The molecule has 94 valence electrons. The number of pyridine rings is 1. The van der Waals surface area contributed by atoms with Gasteiger partial charge in [0.15, 0.2) is 0 Å². The second kappa shape index (κ2) is 5.65. The summed E-state index contributed by atoms with van der Waals surface area (Å²) in [5.41, 5.74) is 2.90. The number of rotatable bonds is 4. The molecule has 1 aromatic heterocycles. The van der Waals surface area contributed by atoms with Crippen molar-refractivity contribution in [1.82, 2.24) is 4.98 Å². The molecular weight excluding hydrogens is 226 g/mol. The molecule has 1 aromatic carbocycles. The van der Waals surface area contributed by atoms with E-state index in [1.54, 1.807) is 13.1 Å². The third-order valence-electron chi connectivity index (χ3n) is 2.83. The zero-order valence-electron chi connectivity index (χ0n) is 10.6. The van der Waals surface area contributed by atoms with Crippen LogP contribution >= 0.6 is 0 Å². The van der Waals surface area contributed by atoms with Crippen LogP contribution in [0.5, 0.6) is 5.75 Å². The molecule has 0 saturated heterocycles. The van der Waals surface area contributed by atoms with Crippen LogP contribution in [-0.4, -0.2) is 10.1 Å². The van der Waals surface area contributed by atoms with Gasteiger partial charge in [0.2, 0.25) is 0 Å². The maximum absolute atomic E-state index is 9.51. The Balaban J connectivity index is 2.07. The number of benzene rings is 1. The van der Waals surface area contributed by atoms with Crippen molar-refractivity contribution >= 4 is 0 Å². The van der Waals surface area contributed by atoms with E-state index in [1.807, 2.05) is 43.3 Å². The molecule has 0 radical (unpaired) electrons. The van der Waals surface area contributed by atoms with Crippen molar-refractivity contribution < 1.29 is 9.84 Å². The summed E-state index contributed by atoms with van der Waals surface area (Å²) in [4.78, 5) is 4.28. The normalized spacial score (nSPS) is 12.2. The highest BCUT2D eigenvalue weighted by molar-refractivity contribution is 5.30. The van der Waals surface area contributed by atoms with Gasteiger partial charge < -0.3 is 9.84 Å². The molecule has 0 aliphatic rings. The van der Waals surface area contributed by atoms with Gasteiger partial charge in [0.05, 0.1) is 11.8 Å². The van der Waals surface area contributed by atoms with E-state index in [0.717, 1.165) is 22.6 Å². The van der Waals surface area contributed by atoms with Crippen molar-refractivity contribution in [2.45, 2.75) is 26.6 Å². The summed E-state index contributed by atoms with van der Waals surface area (Å²) in [5.74, 6) is 0.749. The number of ether oxygens (including phenoxy) is 1. The number of nitrogens with zero attached hydrogens (tertiary/aromatic N) is 1. The van der Waals surface area contributed by atoms with Crippen LogP contribution in [0.3, 0.4) is 0 Å². The fraction of sp³-hybridized carbons (Fsp3) is 0.267. The first-order chi connectivity index (χ1) is 8.66. The average Bonchev–Trinajstić information content (AvgIpc) is 2.38. The van der Waals surface area contributed by atoms with Gasteiger partial charge in [0, 0.05) is 6.20 Å². The Morgan fingerprint density at radius 2 is 2.11 bits per heavy atom.